The van der Waals surface area contributed by atoms with E-state index in [2.05, 4.69) is 15.0 Å². The third-order valence-electron chi connectivity index (χ3n) is 2.42. The number of anilines is 1. The molecule has 1 aliphatic heterocycles. The Labute approximate surface area is 99.0 Å². The predicted molar refractivity (Wildman–Crippen MR) is 58.9 cm³/mol. The van der Waals surface area contributed by atoms with Gasteiger partial charge in [0.2, 0.25) is 5.95 Å². The molecule has 0 aliphatic carbocycles. The number of ether oxygens (including phenoxy) is 2. The van der Waals surface area contributed by atoms with Crippen molar-refractivity contribution in [1.29, 1.82) is 5.26 Å². The molecule has 0 aromatic carbocycles. The first kappa shape index (κ1) is 11.4. The maximum Gasteiger partial charge on any atom is 0.325 e. The average molecular weight is 235 g/mol. The van der Waals surface area contributed by atoms with E-state index in [1.807, 2.05) is 11.0 Å². The van der Waals surface area contributed by atoms with Gasteiger partial charge in [-0.3, -0.25) is 0 Å². The Hall–Kier alpha value is -2.10. The van der Waals surface area contributed by atoms with Gasteiger partial charge in [0.05, 0.1) is 7.11 Å². The molecular formula is C10H13N5O2. The minimum Gasteiger partial charge on any atom is -0.467 e. The maximum atomic E-state index is 8.45. The third-order valence-corrected chi connectivity index (χ3v) is 2.42. The van der Waals surface area contributed by atoms with Crippen molar-refractivity contribution in [3.63, 3.8) is 0 Å². The molecule has 1 aliphatic rings. The van der Waals surface area contributed by atoms with Crippen LogP contribution in [0.5, 0.6) is 12.0 Å². The molecule has 1 saturated heterocycles. The van der Waals surface area contributed by atoms with Gasteiger partial charge in [-0.05, 0) is 12.8 Å². The van der Waals surface area contributed by atoms with Crippen molar-refractivity contribution in [2.75, 3.05) is 31.7 Å². The summed E-state index contributed by atoms with van der Waals surface area (Å²) >= 11 is 0. The largest absolute Gasteiger partial charge is 0.467 e. The van der Waals surface area contributed by atoms with Gasteiger partial charge in [0, 0.05) is 13.1 Å². The molecule has 2 heterocycles. The first-order valence-electron chi connectivity index (χ1n) is 5.38. The average Bonchev–Trinajstić information content (AvgIpc) is 2.89. The second-order valence-electron chi connectivity index (χ2n) is 3.55. The molecule has 0 bridgehead atoms. The lowest BCUT2D eigenvalue weighted by atomic mass is 10.4. The molecule has 1 fully saturated rings. The lowest BCUT2D eigenvalue weighted by Gasteiger charge is -2.15. The maximum absolute atomic E-state index is 8.45. The van der Waals surface area contributed by atoms with Crippen LogP contribution in [0, 0.1) is 11.3 Å². The number of nitriles is 1. The Morgan fingerprint density at radius 3 is 2.59 bits per heavy atom. The van der Waals surface area contributed by atoms with Crippen LogP contribution in [0.2, 0.25) is 0 Å². The summed E-state index contributed by atoms with van der Waals surface area (Å²) in [6.07, 6.45) is 2.25. The predicted octanol–water partition coefficient (Wildman–Crippen LogP) is 0.383. The number of aromatic nitrogens is 3. The zero-order chi connectivity index (χ0) is 12.1. The molecule has 0 N–H and O–H groups in total. The van der Waals surface area contributed by atoms with Crippen molar-refractivity contribution in [3.05, 3.63) is 0 Å². The van der Waals surface area contributed by atoms with E-state index >= 15 is 0 Å². The first-order chi connectivity index (χ1) is 8.33. The van der Waals surface area contributed by atoms with E-state index in [1.165, 1.54) is 7.11 Å². The van der Waals surface area contributed by atoms with Crippen LogP contribution in [-0.2, 0) is 0 Å². The normalized spacial score (nSPS) is 14.5. The highest BCUT2D eigenvalue weighted by molar-refractivity contribution is 5.33. The second-order valence-corrected chi connectivity index (χ2v) is 3.55. The summed E-state index contributed by atoms with van der Waals surface area (Å²) in [4.78, 5) is 14.3. The van der Waals surface area contributed by atoms with Crippen LogP contribution in [0.15, 0.2) is 0 Å². The molecule has 1 aromatic heterocycles. The lowest BCUT2D eigenvalue weighted by molar-refractivity contribution is 0.316. The lowest BCUT2D eigenvalue weighted by Crippen LogP contribution is -2.21. The highest BCUT2D eigenvalue weighted by Gasteiger charge is 2.18. The molecule has 0 atom stereocenters. The van der Waals surface area contributed by atoms with Crippen molar-refractivity contribution in [3.8, 4) is 18.1 Å². The number of hydrogen-bond donors (Lipinski definition) is 0. The van der Waals surface area contributed by atoms with Crippen LogP contribution in [0.25, 0.3) is 0 Å². The molecule has 0 saturated carbocycles. The van der Waals surface area contributed by atoms with Gasteiger partial charge in [-0.2, -0.15) is 15.2 Å². The van der Waals surface area contributed by atoms with Crippen molar-refractivity contribution >= 4 is 5.95 Å². The quantitative estimate of drug-likeness (QED) is 0.745. The molecule has 17 heavy (non-hydrogen) atoms. The van der Waals surface area contributed by atoms with Crippen LogP contribution in [0.4, 0.5) is 5.95 Å². The zero-order valence-corrected chi connectivity index (χ0v) is 9.59. The van der Waals surface area contributed by atoms with E-state index in [1.54, 1.807) is 0 Å². The van der Waals surface area contributed by atoms with Crippen LogP contribution in [-0.4, -0.2) is 41.8 Å². The Bertz CT molecular complexity index is 425. The molecule has 0 amide bonds. The minimum atomic E-state index is -0.0907. The van der Waals surface area contributed by atoms with Gasteiger partial charge in [0.25, 0.3) is 0 Å². The van der Waals surface area contributed by atoms with Gasteiger partial charge in [0.1, 0.15) is 6.07 Å². The topological polar surface area (TPSA) is 84.2 Å². The van der Waals surface area contributed by atoms with E-state index in [9.17, 15) is 0 Å². The highest BCUT2D eigenvalue weighted by Crippen LogP contribution is 2.19. The van der Waals surface area contributed by atoms with E-state index in [-0.39, 0.29) is 18.6 Å². The van der Waals surface area contributed by atoms with Crippen LogP contribution in [0.3, 0.4) is 0 Å². The number of methoxy groups -OCH3 is 1. The Balaban J connectivity index is 2.21. The van der Waals surface area contributed by atoms with Crippen LogP contribution >= 0.6 is 0 Å². The van der Waals surface area contributed by atoms with Crippen LogP contribution < -0.4 is 14.4 Å². The van der Waals surface area contributed by atoms with Crippen molar-refractivity contribution in [2.45, 2.75) is 12.8 Å². The van der Waals surface area contributed by atoms with Gasteiger partial charge >= 0.3 is 12.0 Å². The van der Waals surface area contributed by atoms with Gasteiger partial charge in [-0.15, -0.1) is 4.98 Å². The van der Waals surface area contributed by atoms with Gasteiger partial charge < -0.3 is 14.4 Å². The Kier molecular flexibility index (Phi) is 3.55. The van der Waals surface area contributed by atoms with Crippen molar-refractivity contribution < 1.29 is 9.47 Å². The molecular weight excluding hydrogens is 222 g/mol. The summed E-state index contributed by atoms with van der Waals surface area (Å²) in [6, 6.07) is 2.19. The fourth-order valence-electron chi connectivity index (χ4n) is 1.64. The van der Waals surface area contributed by atoms with E-state index in [0.717, 1.165) is 25.9 Å². The van der Waals surface area contributed by atoms with Gasteiger partial charge in [0.15, 0.2) is 6.61 Å². The fraction of sp³-hybridized carbons (Fsp3) is 0.600. The molecule has 7 nitrogen and oxygen atoms in total. The number of nitrogens with zero attached hydrogens (tertiary/aromatic N) is 5. The number of hydrogen-bond acceptors (Lipinski definition) is 7. The summed E-state index contributed by atoms with van der Waals surface area (Å²) in [7, 11) is 1.48. The summed E-state index contributed by atoms with van der Waals surface area (Å²) < 4.78 is 10.1. The van der Waals surface area contributed by atoms with Crippen molar-refractivity contribution in [1.82, 2.24) is 15.0 Å². The fourth-order valence-corrected chi connectivity index (χ4v) is 1.64. The monoisotopic (exact) mass is 235 g/mol. The molecule has 90 valence electrons. The molecule has 1 aromatic rings. The Morgan fingerprint density at radius 1 is 1.24 bits per heavy atom. The van der Waals surface area contributed by atoms with Gasteiger partial charge in [-0.25, -0.2) is 0 Å². The number of rotatable bonds is 4. The highest BCUT2D eigenvalue weighted by atomic mass is 16.5. The third kappa shape index (κ3) is 2.72. The standard InChI is InChI=1S/C10H13N5O2/c1-16-9-12-8(15-5-2-3-6-15)13-10(14-9)17-7-4-11/h2-3,5-7H2,1H3. The van der Waals surface area contributed by atoms with Crippen LogP contribution in [0.1, 0.15) is 12.8 Å². The smallest absolute Gasteiger partial charge is 0.325 e. The summed E-state index contributed by atoms with van der Waals surface area (Å²) in [5, 5.41) is 8.45. The molecule has 2 rings (SSSR count). The zero-order valence-electron chi connectivity index (χ0n) is 9.59. The molecule has 7 heteroatoms. The summed E-state index contributed by atoms with van der Waals surface area (Å²) in [6.45, 7) is 1.75. The first-order valence-corrected chi connectivity index (χ1v) is 5.38. The molecule has 0 radical (unpaired) electrons. The van der Waals surface area contributed by atoms with E-state index in [0.29, 0.717) is 5.95 Å². The summed E-state index contributed by atoms with van der Waals surface area (Å²) in [5.74, 6) is 0.544. The van der Waals surface area contributed by atoms with E-state index < -0.39 is 0 Å². The van der Waals surface area contributed by atoms with Gasteiger partial charge in [-0.1, -0.05) is 0 Å². The SMILES string of the molecule is COc1nc(OCC#N)nc(N2CCCC2)n1. The minimum absolute atomic E-state index is 0.0907. The molecule has 0 unspecified atom stereocenters. The molecule has 0 spiro atoms. The summed E-state index contributed by atoms with van der Waals surface area (Å²) in [5.41, 5.74) is 0. The second kappa shape index (κ2) is 5.30. The van der Waals surface area contributed by atoms with Crippen molar-refractivity contribution in [2.24, 2.45) is 0 Å². The Morgan fingerprint density at radius 2 is 1.94 bits per heavy atom. The van der Waals surface area contributed by atoms with E-state index in [4.69, 9.17) is 14.7 Å².